The van der Waals surface area contributed by atoms with Crippen LogP contribution >= 0.6 is 11.3 Å². The third kappa shape index (κ3) is 7.94. The number of aromatic nitrogens is 4. The van der Waals surface area contributed by atoms with Crippen molar-refractivity contribution in [2.45, 2.75) is 38.6 Å². The number of nitrogen functional groups attached to an aromatic ring is 1. The Morgan fingerprint density at radius 3 is 2.66 bits per heavy atom. The SMILES string of the molecule is C=C1C[C@H]2C=Nc3cc(OCCCC(=O)Nc4nc(C(=O)Cc5cc(C(=O)Nc6cc(C(=O)n7ccc8cc(N)ccc87)n(C)c6)n(C)c5)cs4)c(C)cc3C(=O)N2C1. The summed E-state index contributed by atoms with van der Waals surface area (Å²) in [5.74, 6) is -0.684. The van der Waals surface area contributed by atoms with Gasteiger partial charge in [0.1, 0.15) is 22.8 Å². The van der Waals surface area contributed by atoms with Gasteiger partial charge in [-0.15, -0.1) is 11.3 Å². The van der Waals surface area contributed by atoms with Crippen molar-refractivity contribution >= 4 is 80.1 Å². The van der Waals surface area contributed by atoms with E-state index in [1.54, 1.807) is 101 Å². The molecule has 2 aliphatic rings. The minimum Gasteiger partial charge on any atom is -0.493 e. The molecule has 2 aliphatic heterocycles. The number of aryl methyl sites for hydroxylation is 3. The van der Waals surface area contributed by atoms with E-state index in [1.807, 2.05) is 13.0 Å². The molecule has 15 nitrogen and oxygen atoms in total. The van der Waals surface area contributed by atoms with Crippen LogP contribution in [-0.2, 0) is 25.3 Å². The van der Waals surface area contributed by atoms with Crippen LogP contribution in [0.15, 0.2) is 89.6 Å². The number of nitrogens with two attached hydrogens (primary N) is 1. The maximum absolute atomic E-state index is 13.4. The molecule has 0 unspecified atom stereocenters. The molecule has 0 saturated carbocycles. The van der Waals surface area contributed by atoms with E-state index in [2.05, 4.69) is 27.2 Å². The van der Waals surface area contributed by atoms with Crippen LogP contribution in [0, 0.1) is 6.92 Å². The van der Waals surface area contributed by atoms with Gasteiger partial charge in [0.2, 0.25) is 5.91 Å². The molecule has 16 heteroatoms. The fraction of sp³-hybridized carbons (Fsp3) is 0.233. The molecule has 8 rings (SSSR count). The van der Waals surface area contributed by atoms with E-state index in [0.29, 0.717) is 69.8 Å². The zero-order valence-electron chi connectivity index (χ0n) is 32.7. The molecule has 0 spiro atoms. The summed E-state index contributed by atoms with van der Waals surface area (Å²) in [6, 6.07) is 13.9. The monoisotopic (exact) mass is 811 g/mol. The molecule has 3 amide bonds. The van der Waals surface area contributed by atoms with Crippen LogP contribution in [0.1, 0.15) is 72.2 Å². The number of aliphatic imine (C=N–C) groups is 1. The molecule has 0 aliphatic carbocycles. The molecular formula is C43H41N9O6S. The Labute approximate surface area is 342 Å². The number of rotatable bonds is 12. The van der Waals surface area contributed by atoms with Crippen LogP contribution in [0.25, 0.3) is 10.9 Å². The van der Waals surface area contributed by atoms with E-state index in [9.17, 15) is 24.0 Å². The molecule has 6 aromatic rings. The number of amides is 3. The van der Waals surface area contributed by atoms with Crippen molar-refractivity contribution in [3.63, 3.8) is 0 Å². The number of anilines is 3. The second-order valence-electron chi connectivity index (χ2n) is 14.8. The molecule has 6 heterocycles. The van der Waals surface area contributed by atoms with Gasteiger partial charge in [0.25, 0.3) is 17.7 Å². The number of ether oxygens (including phenoxy) is 1. The summed E-state index contributed by atoms with van der Waals surface area (Å²) < 4.78 is 10.8. The molecule has 59 heavy (non-hydrogen) atoms. The summed E-state index contributed by atoms with van der Waals surface area (Å²) in [6.45, 7) is 6.69. The first-order chi connectivity index (χ1) is 28.3. The number of nitrogens with one attached hydrogen (secondary N) is 2. The van der Waals surface area contributed by atoms with Gasteiger partial charge in [-0.2, -0.15) is 0 Å². The lowest BCUT2D eigenvalue weighted by molar-refractivity contribution is -0.116. The summed E-state index contributed by atoms with van der Waals surface area (Å²) in [5, 5.41) is 8.34. The van der Waals surface area contributed by atoms with Gasteiger partial charge in [0.05, 0.1) is 35.1 Å². The normalized spacial score (nSPS) is 14.6. The van der Waals surface area contributed by atoms with Gasteiger partial charge in [-0.3, -0.25) is 33.5 Å². The van der Waals surface area contributed by atoms with Crippen molar-refractivity contribution in [2.24, 2.45) is 19.1 Å². The van der Waals surface area contributed by atoms with E-state index in [4.69, 9.17) is 10.5 Å². The van der Waals surface area contributed by atoms with Crippen molar-refractivity contribution < 1.29 is 28.7 Å². The van der Waals surface area contributed by atoms with Gasteiger partial charge in [0.15, 0.2) is 10.9 Å². The number of carbonyl (C=O) groups excluding carboxylic acids is 5. The van der Waals surface area contributed by atoms with Gasteiger partial charge in [-0.1, -0.05) is 12.2 Å². The predicted octanol–water partition coefficient (Wildman–Crippen LogP) is 6.32. The van der Waals surface area contributed by atoms with Crippen LogP contribution in [0.2, 0.25) is 0 Å². The van der Waals surface area contributed by atoms with Gasteiger partial charge >= 0.3 is 0 Å². The fourth-order valence-electron chi connectivity index (χ4n) is 7.41. The number of ketones is 1. The summed E-state index contributed by atoms with van der Waals surface area (Å²) in [7, 11) is 3.44. The van der Waals surface area contributed by atoms with Gasteiger partial charge in [-0.25, -0.2) is 4.98 Å². The predicted molar refractivity (Wildman–Crippen MR) is 226 cm³/mol. The van der Waals surface area contributed by atoms with E-state index in [1.165, 1.54) is 4.57 Å². The standard InChI is InChI=1S/C43H41N9O6S/c1-24-12-30-19-45-32-18-38(25(2)13-31(32)41(56)52(30)20-24)58-11-5-6-39(54)48-43-47-33(23-59-43)37(53)15-26-14-35(49(3)21-26)40(55)46-29-17-36(50(4)22-29)42(57)51-10-9-27-16-28(44)7-8-34(27)51/h7-10,13-14,16-19,21-23,30H,1,5-6,11-12,15,20,44H2,2-4H3,(H,46,55)(H,47,48,54)/t30-/m0/s1. The van der Waals surface area contributed by atoms with E-state index >= 15 is 0 Å². The number of nitrogens with zero attached hydrogens (tertiary/aromatic N) is 6. The molecule has 4 N–H and O–H groups in total. The smallest absolute Gasteiger partial charge is 0.279 e. The zero-order valence-corrected chi connectivity index (χ0v) is 33.5. The van der Waals surface area contributed by atoms with Gasteiger partial charge < -0.3 is 35.1 Å². The van der Waals surface area contributed by atoms with Crippen molar-refractivity contribution in [1.82, 2.24) is 23.6 Å². The van der Waals surface area contributed by atoms with Crippen molar-refractivity contribution in [3.05, 3.63) is 118 Å². The molecule has 4 aromatic heterocycles. The molecule has 1 atom stereocenters. The van der Waals surface area contributed by atoms with Crippen LogP contribution in [-0.4, -0.2) is 78.4 Å². The zero-order chi connectivity index (χ0) is 41.5. The Bertz CT molecular complexity index is 2750. The largest absolute Gasteiger partial charge is 0.493 e. The number of hydrogen-bond donors (Lipinski definition) is 3. The number of benzene rings is 2. The quantitative estimate of drug-likeness (QED) is 0.0555. The summed E-state index contributed by atoms with van der Waals surface area (Å²) in [6.07, 6.45) is 8.13. The third-order valence-electron chi connectivity index (χ3n) is 10.4. The Balaban J connectivity index is 0.815. The second kappa shape index (κ2) is 15.7. The first kappa shape index (κ1) is 38.8. The van der Waals surface area contributed by atoms with Gasteiger partial charge in [0, 0.05) is 80.8 Å². The maximum Gasteiger partial charge on any atom is 0.279 e. The highest BCUT2D eigenvalue weighted by atomic mass is 32.1. The van der Waals surface area contributed by atoms with Gasteiger partial charge in [-0.05, 0) is 73.4 Å². The highest BCUT2D eigenvalue weighted by Crippen LogP contribution is 2.35. The second-order valence-corrected chi connectivity index (χ2v) is 15.7. The topological polar surface area (TPSA) is 188 Å². The molecule has 0 bridgehead atoms. The summed E-state index contributed by atoms with van der Waals surface area (Å²) in [5.41, 5.74) is 12.1. The molecule has 300 valence electrons. The highest BCUT2D eigenvalue weighted by Gasteiger charge is 2.34. The minimum absolute atomic E-state index is 0.00772. The number of hydrogen-bond acceptors (Lipinski definition) is 10. The minimum atomic E-state index is -0.409. The van der Waals surface area contributed by atoms with Crippen molar-refractivity contribution in [1.29, 1.82) is 0 Å². The third-order valence-corrected chi connectivity index (χ3v) is 11.1. The Hall–Kier alpha value is -7.07. The van der Waals surface area contributed by atoms with E-state index < -0.39 is 5.91 Å². The number of fused-ring (bicyclic) bond motifs is 3. The fourth-order valence-corrected chi connectivity index (χ4v) is 8.14. The molecular weight excluding hydrogens is 771 g/mol. The van der Waals surface area contributed by atoms with Crippen LogP contribution in [0.3, 0.4) is 0 Å². The average molecular weight is 812 g/mol. The van der Waals surface area contributed by atoms with Crippen LogP contribution in [0.5, 0.6) is 5.75 Å². The lowest BCUT2D eigenvalue weighted by atomic mass is 10.1. The summed E-state index contributed by atoms with van der Waals surface area (Å²) in [4.78, 5) is 76.5. The Morgan fingerprint density at radius 1 is 1.02 bits per heavy atom. The molecule has 0 radical (unpaired) electrons. The number of carbonyl (C=O) groups is 5. The maximum atomic E-state index is 13.4. The Morgan fingerprint density at radius 2 is 1.83 bits per heavy atom. The molecule has 2 aromatic carbocycles. The first-order valence-corrected chi connectivity index (χ1v) is 19.8. The van der Waals surface area contributed by atoms with E-state index in [0.717, 1.165) is 33.4 Å². The van der Waals surface area contributed by atoms with Crippen molar-refractivity contribution in [3.8, 4) is 5.75 Å². The number of Topliss-reactive ketones (excluding diaryl/α,β-unsaturated/α-hetero) is 1. The average Bonchev–Trinajstić information content (AvgIpc) is 4.03. The lowest BCUT2D eigenvalue weighted by Gasteiger charge is -2.20. The molecule has 1 fully saturated rings. The van der Waals surface area contributed by atoms with E-state index in [-0.39, 0.29) is 54.7 Å². The lowest BCUT2D eigenvalue weighted by Crippen LogP contribution is -2.35. The highest BCUT2D eigenvalue weighted by molar-refractivity contribution is 7.14. The first-order valence-electron chi connectivity index (χ1n) is 18.9. The summed E-state index contributed by atoms with van der Waals surface area (Å²) >= 11 is 1.15. The number of thiazole rings is 1. The Kier molecular flexibility index (Phi) is 10.3. The van der Waals surface area contributed by atoms with Crippen molar-refractivity contribution in [2.75, 3.05) is 29.5 Å². The van der Waals surface area contributed by atoms with Crippen LogP contribution < -0.4 is 21.1 Å². The van der Waals surface area contributed by atoms with Crippen LogP contribution in [0.4, 0.5) is 22.2 Å². The molecule has 1 saturated heterocycles.